The first-order valence-corrected chi connectivity index (χ1v) is 8.79. The summed E-state index contributed by atoms with van der Waals surface area (Å²) >= 11 is 0. The van der Waals surface area contributed by atoms with Crippen LogP contribution in [0.4, 0.5) is 0 Å². The van der Waals surface area contributed by atoms with E-state index in [1.165, 1.54) is 0 Å². The van der Waals surface area contributed by atoms with Crippen LogP contribution < -0.4 is 20.1 Å². The summed E-state index contributed by atoms with van der Waals surface area (Å²) in [5, 5.41) is 5.72. The zero-order valence-electron chi connectivity index (χ0n) is 14.5. The summed E-state index contributed by atoms with van der Waals surface area (Å²) in [6.07, 6.45) is 2.52. The zero-order chi connectivity index (χ0) is 17.6. The summed E-state index contributed by atoms with van der Waals surface area (Å²) in [6, 6.07) is 5.44. The van der Waals surface area contributed by atoms with Crippen molar-refractivity contribution in [1.29, 1.82) is 0 Å². The van der Waals surface area contributed by atoms with Gasteiger partial charge in [-0.2, -0.15) is 0 Å². The van der Waals surface area contributed by atoms with Gasteiger partial charge in [0.1, 0.15) is 0 Å². The minimum Gasteiger partial charge on any atom is -0.490 e. The van der Waals surface area contributed by atoms with E-state index in [-0.39, 0.29) is 17.9 Å². The predicted octanol–water partition coefficient (Wildman–Crippen LogP) is 0.788. The standard InChI is InChI=1S/C18H25N3O4/c1-19-17(22)12-21-7-5-14(6-8-21)20-18(23)13-3-4-15-16(11-13)25-10-2-9-24-15/h3-4,11,14H,2,5-10,12H2,1H3,(H,19,22)(H,20,23). The van der Waals surface area contributed by atoms with Crippen LogP contribution in [-0.2, 0) is 4.79 Å². The Labute approximate surface area is 147 Å². The van der Waals surface area contributed by atoms with Crippen molar-refractivity contribution >= 4 is 11.8 Å². The van der Waals surface area contributed by atoms with E-state index in [0.29, 0.717) is 36.8 Å². The van der Waals surface area contributed by atoms with Crippen LogP contribution in [0.3, 0.4) is 0 Å². The number of fused-ring (bicyclic) bond motifs is 1. The highest BCUT2D eigenvalue weighted by Crippen LogP contribution is 2.30. The van der Waals surface area contributed by atoms with Crippen molar-refractivity contribution in [2.45, 2.75) is 25.3 Å². The first kappa shape index (κ1) is 17.5. The maximum absolute atomic E-state index is 12.5. The van der Waals surface area contributed by atoms with Crippen LogP contribution in [0.5, 0.6) is 11.5 Å². The Hall–Kier alpha value is -2.28. The number of carbonyl (C=O) groups is 2. The molecule has 2 aliphatic rings. The van der Waals surface area contributed by atoms with Crippen LogP contribution >= 0.6 is 0 Å². The van der Waals surface area contributed by atoms with Crippen LogP contribution in [0.25, 0.3) is 0 Å². The molecule has 0 aliphatic carbocycles. The fourth-order valence-electron chi connectivity index (χ4n) is 3.09. The normalized spacial score (nSPS) is 18.3. The van der Waals surface area contributed by atoms with Crippen LogP contribution in [0.2, 0.25) is 0 Å². The lowest BCUT2D eigenvalue weighted by molar-refractivity contribution is -0.122. The topological polar surface area (TPSA) is 79.9 Å². The molecule has 3 rings (SSSR count). The Kier molecular flexibility index (Phi) is 5.75. The number of carbonyl (C=O) groups excluding carboxylic acids is 2. The minimum absolute atomic E-state index is 0.0229. The van der Waals surface area contributed by atoms with E-state index in [4.69, 9.17) is 9.47 Å². The van der Waals surface area contributed by atoms with Gasteiger partial charge in [0.25, 0.3) is 5.91 Å². The summed E-state index contributed by atoms with van der Waals surface area (Å²) in [4.78, 5) is 26.0. The molecule has 0 aromatic heterocycles. The molecule has 25 heavy (non-hydrogen) atoms. The number of hydrogen-bond acceptors (Lipinski definition) is 5. The van der Waals surface area contributed by atoms with Gasteiger partial charge in [-0.25, -0.2) is 0 Å². The number of nitrogens with one attached hydrogen (secondary N) is 2. The molecule has 2 N–H and O–H groups in total. The van der Waals surface area contributed by atoms with Gasteiger partial charge in [0.05, 0.1) is 19.8 Å². The summed E-state index contributed by atoms with van der Waals surface area (Å²) in [5.41, 5.74) is 0.581. The van der Waals surface area contributed by atoms with Gasteiger partial charge in [-0.15, -0.1) is 0 Å². The van der Waals surface area contributed by atoms with E-state index in [1.54, 1.807) is 25.2 Å². The predicted molar refractivity (Wildman–Crippen MR) is 93.0 cm³/mol. The second kappa shape index (κ2) is 8.20. The Morgan fingerprint density at radius 3 is 2.60 bits per heavy atom. The van der Waals surface area contributed by atoms with E-state index < -0.39 is 0 Å². The monoisotopic (exact) mass is 347 g/mol. The second-order valence-corrected chi connectivity index (χ2v) is 6.41. The molecular formula is C18H25N3O4. The molecule has 2 aliphatic heterocycles. The van der Waals surface area contributed by atoms with Crippen LogP contribution in [0.15, 0.2) is 18.2 Å². The summed E-state index contributed by atoms with van der Waals surface area (Å²) in [5.74, 6) is 1.25. The highest BCUT2D eigenvalue weighted by atomic mass is 16.5. The van der Waals surface area contributed by atoms with Crippen molar-refractivity contribution in [2.75, 3.05) is 39.9 Å². The smallest absolute Gasteiger partial charge is 0.251 e. The molecule has 0 spiro atoms. The van der Waals surface area contributed by atoms with Gasteiger partial charge in [-0.3, -0.25) is 14.5 Å². The first-order chi connectivity index (χ1) is 12.2. The van der Waals surface area contributed by atoms with Gasteiger partial charge in [0.2, 0.25) is 5.91 Å². The number of piperidine rings is 1. The number of benzene rings is 1. The van der Waals surface area contributed by atoms with Gasteiger partial charge in [-0.1, -0.05) is 0 Å². The molecule has 136 valence electrons. The number of hydrogen-bond donors (Lipinski definition) is 2. The third-order valence-corrected chi connectivity index (χ3v) is 4.58. The molecular weight excluding hydrogens is 322 g/mol. The Balaban J connectivity index is 1.53. The lowest BCUT2D eigenvalue weighted by Crippen LogP contribution is -2.47. The fraction of sp³-hybridized carbons (Fsp3) is 0.556. The van der Waals surface area contributed by atoms with Crippen LogP contribution in [0.1, 0.15) is 29.6 Å². The fourth-order valence-corrected chi connectivity index (χ4v) is 3.09. The Morgan fingerprint density at radius 2 is 1.88 bits per heavy atom. The van der Waals surface area contributed by atoms with E-state index in [9.17, 15) is 9.59 Å². The van der Waals surface area contributed by atoms with E-state index in [1.807, 2.05) is 0 Å². The van der Waals surface area contributed by atoms with Crippen molar-refractivity contribution < 1.29 is 19.1 Å². The molecule has 0 radical (unpaired) electrons. The van der Waals surface area contributed by atoms with Gasteiger partial charge in [0.15, 0.2) is 11.5 Å². The van der Waals surface area contributed by atoms with Crippen molar-refractivity contribution in [1.82, 2.24) is 15.5 Å². The maximum Gasteiger partial charge on any atom is 0.251 e. The van der Waals surface area contributed by atoms with Crippen molar-refractivity contribution in [3.63, 3.8) is 0 Å². The molecule has 7 nitrogen and oxygen atoms in total. The number of nitrogens with zero attached hydrogens (tertiary/aromatic N) is 1. The number of likely N-dealkylation sites (tertiary alicyclic amines) is 1. The van der Waals surface area contributed by atoms with Crippen LogP contribution in [-0.4, -0.2) is 62.7 Å². The van der Waals surface area contributed by atoms with Gasteiger partial charge >= 0.3 is 0 Å². The largest absolute Gasteiger partial charge is 0.490 e. The number of likely N-dealkylation sites (N-methyl/N-ethyl adjacent to an activating group) is 1. The average molecular weight is 347 g/mol. The first-order valence-electron chi connectivity index (χ1n) is 8.79. The minimum atomic E-state index is -0.0969. The average Bonchev–Trinajstić information content (AvgIpc) is 2.87. The molecule has 1 fully saturated rings. The maximum atomic E-state index is 12.5. The van der Waals surface area contributed by atoms with Crippen LogP contribution in [0, 0.1) is 0 Å². The molecule has 1 aromatic rings. The highest BCUT2D eigenvalue weighted by Gasteiger charge is 2.23. The molecule has 2 heterocycles. The van der Waals surface area contributed by atoms with E-state index >= 15 is 0 Å². The molecule has 0 bridgehead atoms. The van der Waals surface area contributed by atoms with Crippen molar-refractivity contribution in [3.05, 3.63) is 23.8 Å². The highest BCUT2D eigenvalue weighted by molar-refractivity contribution is 5.95. The van der Waals surface area contributed by atoms with Crippen molar-refractivity contribution in [2.24, 2.45) is 0 Å². The molecule has 1 aromatic carbocycles. The summed E-state index contributed by atoms with van der Waals surface area (Å²) in [6.45, 7) is 3.26. The van der Waals surface area contributed by atoms with E-state index in [2.05, 4.69) is 15.5 Å². The molecule has 0 atom stereocenters. The van der Waals surface area contributed by atoms with Crippen molar-refractivity contribution in [3.8, 4) is 11.5 Å². The van der Waals surface area contributed by atoms with Gasteiger partial charge in [-0.05, 0) is 31.0 Å². The molecule has 0 unspecified atom stereocenters. The van der Waals surface area contributed by atoms with E-state index in [0.717, 1.165) is 32.4 Å². The lowest BCUT2D eigenvalue weighted by atomic mass is 10.0. The third kappa shape index (κ3) is 4.63. The Bertz CT molecular complexity index is 627. The van der Waals surface area contributed by atoms with Gasteiger partial charge in [0, 0.05) is 38.2 Å². The SMILES string of the molecule is CNC(=O)CN1CCC(NC(=O)c2ccc3c(c2)OCCCO3)CC1. The molecule has 0 saturated carbocycles. The second-order valence-electron chi connectivity index (χ2n) is 6.41. The third-order valence-electron chi connectivity index (χ3n) is 4.58. The summed E-state index contributed by atoms with van der Waals surface area (Å²) < 4.78 is 11.2. The molecule has 7 heteroatoms. The molecule has 1 saturated heterocycles. The molecule has 2 amide bonds. The number of rotatable bonds is 4. The Morgan fingerprint density at radius 1 is 1.16 bits per heavy atom. The zero-order valence-corrected chi connectivity index (χ0v) is 14.5. The summed E-state index contributed by atoms with van der Waals surface area (Å²) in [7, 11) is 1.64. The lowest BCUT2D eigenvalue weighted by Gasteiger charge is -2.31. The quantitative estimate of drug-likeness (QED) is 0.842. The number of amides is 2. The number of ether oxygens (including phenoxy) is 2. The van der Waals surface area contributed by atoms with Gasteiger partial charge < -0.3 is 20.1 Å².